The number of rotatable bonds is 3. The number of piperidine rings is 1. The Balaban J connectivity index is 2.62. The summed E-state index contributed by atoms with van der Waals surface area (Å²) in [5, 5.41) is 0. The van der Waals surface area contributed by atoms with Gasteiger partial charge < -0.3 is 4.79 Å². The summed E-state index contributed by atoms with van der Waals surface area (Å²) in [6.07, 6.45) is 1.40. The molecule has 1 saturated heterocycles. The van der Waals surface area contributed by atoms with Crippen molar-refractivity contribution in [2.24, 2.45) is 5.92 Å². The monoisotopic (exact) mass is 227 g/mol. The number of carbonyl (C=O) groups excluding carboxylic acids is 1. The Labute approximate surface area is 80.9 Å². The van der Waals surface area contributed by atoms with Gasteiger partial charge in [0, 0.05) is 19.0 Å². The summed E-state index contributed by atoms with van der Waals surface area (Å²) in [4.78, 5) is 10.3. The van der Waals surface area contributed by atoms with Gasteiger partial charge in [-0.1, -0.05) is 0 Å². The molecule has 0 aromatic carbocycles. The molecule has 1 aliphatic rings. The van der Waals surface area contributed by atoms with Gasteiger partial charge in [-0.3, -0.25) is 0 Å². The molecule has 4 nitrogen and oxygen atoms in total. The minimum atomic E-state index is -4.45. The van der Waals surface area contributed by atoms with Crippen molar-refractivity contribution >= 4 is 16.3 Å². The number of hydrogen-bond acceptors (Lipinski definition) is 3. The van der Waals surface area contributed by atoms with E-state index in [2.05, 4.69) is 0 Å². The second-order valence-electron chi connectivity index (χ2n) is 3.18. The molecular formula is C7H11F2NO3S. The number of alkyl halides is 2. The van der Waals surface area contributed by atoms with Crippen LogP contribution in [0.25, 0.3) is 0 Å². The molecule has 1 aliphatic heterocycles. The lowest BCUT2D eigenvalue weighted by Gasteiger charge is -2.28. The van der Waals surface area contributed by atoms with Crippen LogP contribution < -0.4 is 0 Å². The first-order valence-corrected chi connectivity index (χ1v) is 5.71. The summed E-state index contributed by atoms with van der Waals surface area (Å²) in [5.41, 5.74) is 0. The molecule has 82 valence electrons. The molecule has 0 aromatic heterocycles. The lowest BCUT2D eigenvalue weighted by atomic mass is 10.0. The van der Waals surface area contributed by atoms with Crippen LogP contribution in [-0.2, 0) is 14.8 Å². The average Bonchev–Trinajstić information content (AvgIpc) is 2.17. The smallest absolute Gasteiger partial charge is 0.303 e. The molecule has 0 aliphatic carbocycles. The zero-order chi connectivity index (χ0) is 10.8. The first kappa shape index (κ1) is 11.5. The summed E-state index contributed by atoms with van der Waals surface area (Å²) in [7, 11) is -4.45. The average molecular weight is 227 g/mol. The van der Waals surface area contributed by atoms with E-state index in [0.717, 1.165) is 10.6 Å². The van der Waals surface area contributed by atoms with Crippen molar-refractivity contribution in [3.63, 3.8) is 0 Å². The first-order chi connectivity index (χ1) is 6.48. The lowest BCUT2D eigenvalue weighted by Crippen LogP contribution is -2.41. The van der Waals surface area contributed by atoms with Gasteiger partial charge in [0.2, 0.25) is 0 Å². The number of sulfonamides is 1. The van der Waals surface area contributed by atoms with Gasteiger partial charge in [0.15, 0.2) is 0 Å². The second kappa shape index (κ2) is 4.31. The summed E-state index contributed by atoms with van der Waals surface area (Å²) in [6, 6.07) is 0. The third-order valence-corrected chi connectivity index (χ3v) is 3.81. The van der Waals surface area contributed by atoms with Crippen LogP contribution in [0.5, 0.6) is 0 Å². The minimum absolute atomic E-state index is 0.0100. The minimum Gasteiger partial charge on any atom is -0.303 e. The predicted molar refractivity (Wildman–Crippen MR) is 45.3 cm³/mol. The van der Waals surface area contributed by atoms with E-state index in [1.54, 1.807) is 0 Å². The molecule has 14 heavy (non-hydrogen) atoms. The normalized spacial score (nSPS) is 21.4. The van der Waals surface area contributed by atoms with Gasteiger partial charge in [0.05, 0.1) is 0 Å². The van der Waals surface area contributed by atoms with Crippen molar-refractivity contribution in [1.29, 1.82) is 0 Å². The van der Waals surface area contributed by atoms with Crippen molar-refractivity contribution in [2.45, 2.75) is 18.6 Å². The maximum Gasteiger partial charge on any atom is 0.350 e. The first-order valence-electron chi connectivity index (χ1n) is 4.21. The van der Waals surface area contributed by atoms with Gasteiger partial charge in [-0.05, 0) is 12.8 Å². The highest BCUT2D eigenvalue weighted by Gasteiger charge is 2.34. The lowest BCUT2D eigenvalue weighted by molar-refractivity contribution is -0.112. The molecule has 0 amide bonds. The fraction of sp³-hybridized carbons (Fsp3) is 0.857. The van der Waals surface area contributed by atoms with Gasteiger partial charge in [0.25, 0.3) is 10.0 Å². The third kappa shape index (κ3) is 2.27. The van der Waals surface area contributed by atoms with Crippen LogP contribution in [0.1, 0.15) is 12.8 Å². The van der Waals surface area contributed by atoms with Crippen LogP contribution in [0.2, 0.25) is 0 Å². The maximum absolute atomic E-state index is 12.1. The van der Waals surface area contributed by atoms with E-state index in [1.165, 1.54) is 0 Å². The zero-order valence-electron chi connectivity index (χ0n) is 7.40. The van der Waals surface area contributed by atoms with Gasteiger partial charge >= 0.3 is 5.76 Å². The van der Waals surface area contributed by atoms with Crippen molar-refractivity contribution < 1.29 is 22.0 Å². The summed E-state index contributed by atoms with van der Waals surface area (Å²) < 4.78 is 46.8. The van der Waals surface area contributed by atoms with E-state index in [9.17, 15) is 22.0 Å². The molecule has 0 saturated carbocycles. The van der Waals surface area contributed by atoms with Gasteiger partial charge in [-0.25, -0.2) is 8.42 Å². The second-order valence-corrected chi connectivity index (χ2v) is 5.08. The van der Waals surface area contributed by atoms with Crippen molar-refractivity contribution in [3.8, 4) is 0 Å². The Morgan fingerprint density at radius 3 is 2.14 bits per heavy atom. The molecular weight excluding hydrogens is 216 g/mol. The van der Waals surface area contributed by atoms with E-state index in [4.69, 9.17) is 0 Å². The largest absolute Gasteiger partial charge is 0.350 e. The highest BCUT2D eigenvalue weighted by atomic mass is 32.2. The molecule has 0 aromatic rings. The van der Waals surface area contributed by atoms with Crippen LogP contribution in [-0.4, -0.2) is 37.9 Å². The maximum atomic E-state index is 12.1. The van der Waals surface area contributed by atoms with Crippen LogP contribution in [0.3, 0.4) is 0 Å². The molecule has 0 radical (unpaired) electrons. The highest BCUT2D eigenvalue weighted by Crippen LogP contribution is 2.20. The van der Waals surface area contributed by atoms with E-state index in [-0.39, 0.29) is 19.0 Å². The fourth-order valence-electron chi connectivity index (χ4n) is 1.38. The quantitative estimate of drug-likeness (QED) is 0.658. The molecule has 0 spiro atoms. The van der Waals surface area contributed by atoms with E-state index >= 15 is 0 Å². The highest BCUT2D eigenvalue weighted by molar-refractivity contribution is 7.89. The molecule has 1 rings (SSSR count). The molecule has 0 atom stereocenters. The van der Waals surface area contributed by atoms with E-state index in [0.29, 0.717) is 12.8 Å². The van der Waals surface area contributed by atoms with Gasteiger partial charge in [-0.15, -0.1) is 0 Å². The summed E-state index contributed by atoms with van der Waals surface area (Å²) in [5.74, 6) is -3.56. The number of aldehydes is 1. The van der Waals surface area contributed by atoms with Crippen molar-refractivity contribution in [2.75, 3.05) is 13.1 Å². The summed E-state index contributed by atoms with van der Waals surface area (Å²) >= 11 is 0. The van der Waals surface area contributed by atoms with E-state index < -0.39 is 15.8 Å². The zero-order valence-corrected chi connectivity index (χ0v) is 8.21. The number of carbonyl (C=O) groups is 1. The van der Waals surface area contributed by atoms with Crippen LogP contribution >= 0.6 is 0 Å². The molecule has 0 unspecified atom stereocenters. The standard InChI is InChI=1S/C7H11F2NO3S/c8-7(9)14(12,13)10-3-1-6(5-11)2-4-10/h5-7H,1-4H2. The third-order valence-electron chi connectivity index (χ3n) is 2.28. The Kier molecular flexibility index (Phi) is 3.54. The molecule has 1 heterocycles. The van der Waals surface area contributed by atoms with Crippen molar-refractivity contribution in [3.05, 3.63) is 0 Å². The summed E-state index contributed by atoms with van der Waals surface area (Å²) in [6.45, 7) is 0.0200. The number of hydrogen-bond donors (Lipinski definition) is 0. The van der Waals surface area contributed by atoms with Crippen LogP contribution in [0.15, 0.2) is 0 Å². The molecule has 0 N–H and O–H groups in total. The van der Waals surface area contributed by atoms with Gasteiger partial charge in [0.1, 0.15) is 6.29 Å². The molecule has 1 fully saturated rings. The SMILES string of the molecule is O=CC1CCN(S(=O)(=O)C(F)F)CC1. The Morgan fingerprint density at radius 1 is 1.29 bits per heavy atom. The number of halogens is 2. The van der Waals surface area contributed by atoms with E-state index in [1.807, 2.05) is 0 Å². The number of nitrogens with zero attached hydrogens (tertiary/aromatic N) is 1. The van der Waals surface area contributed by atoms with Gasteiger partial charge in [-0.2, -0.15) is 13.1 Å². The van der Waals surface area contributed by atoms with Crippen LogP contribution in [0.4, 0.5) is 8.78 Å². The van der Waals surface area contributed by atoms with Crippen molar-refractivity contribution in [1.82, 2.24) is 4.31 Å². The molecule has 7 heteroatoms. The predicted octanol–water partition coefficient (Wildman–Crippen LogP) is 0.450. The Bertz CT molecular complexity index is 296. The Morgan fingerprint density at radius 2 is 1.79 bits per heavy atom. The fourth-order valence-corrected chi connectivity index (χ4v) is 2.32. The molecule has 0 bridgehead atoms. The van der Waals surface area contributed by atoms with Crippen LogP contribution in [0, 0.1) is 5.92 Å². The topological polar surface area (TPSA) is 54.5 Å². The Hall–Kier alpha value is -0.560.